The van der Waals surface area contributed by atoms with Gasteiger partial charge in [0.2, 0.25) is 0 Å². The van der Waals surface area contributed by atoms with Crippen LogP contribution in [0, 0.1) is 0 Å². The molecule has 0 unspecified atom stereocenters. The molecular weight excluding hydrogens is 274 g/mol. The van der Waals surface area contributed by atoms with Crippen LogP contribution in [0.25, 0.3) is 16.8 Å². The Morgan fingerprint density at radius 1 is 1.23 bits per heavy atom. The minimum Gasteiger partial charge on any atom is -0.378 e. The first-order valence-electron chi connectivity index (χ1n) is 7.55. The molecule has 0 amide bonds. The van der Waals surface area contributed by atoms with Gasteiger partial charge in [-0.05, 0) is 30.2 Å². The minimum atomic E-state index is 0.872. The van der Waals surface area contributed by atoms with Gasteiger partial charge in [0.25, 0.3) is 0 Å². The summed E-state index contributed by atoms with van der Waals surface area (Å²) in [5, 5.41) is 7.88. The second-order valence-corrected chi connectivity index (χ2v) is 5.50. The summed E-state index contributed by atoms with van der Waals surface area (Å²) in [4.78, 5) is 6.60. The summed E-state index contributed by atoms with van der Waals surface area (Å²) in [7, 11) is 4.08. The van der Waals surface area contributed by atoms with E-state index < -0.39 is 0 Å². The summed E-state index contributed by atoms with van der Waals surface area (Å²) in [5.74, 6) is 0.974. The van der Waals surface area contributed by atoms with Crippen molar-refractivity contribution in [1.82, 2.24) is 14.6 Å². The number of nitrogens with one attached hydrogen (secondary N) is 1. The smallest absolute Gasteiger partial charge is 0.165 e. The van der Waals surface area contributed by atoms with Crippen LogP contribution in [-0.2, 0) is 0 Å². The van der Waals surface area contributed by atoms with Crippen molar-refractivity contribution in [3.8, 4) is 11.1 Å². The Hall–Kier alpha value is -2.56. The monoisotopic (exact) mass is 295 g/mol. The topological polar surface area (TPSA) is 45.5 Å². The lowest BCUT2D eigenvalue weighted by atomic mass is 10.1. The van der Waals surface area contributed by atoms with E-state index in [1.165, 1.54) is 0 Å². The van der Waals surface area contributed by atoms with Gasteiger partial charge in [0.05, 0.1) is 6.20 Å². The van der Waals surface area contributed by atoms with E-state index in [1.807, 2.05) is 37.1 Å². The summed E-state index contributed by atoms with van der Waals surface area (Å²) < 4.78 is 1.87. The molecule has 3 aromatic rings. The fourth-order valence-electron chi connectivity index (χ4n) is 2.43. The molecule has 2 aromatic heterocycles. The zero-order valence-electron chi connectivity index (χ0n) is 13.2. The number of hydrogen-bond donors (Lipinski definition) is 1. The first kappa shape index (κ1) is 14.4. The highest BCUT2D eigenvalue weighted by atomic mass is 15.3. The molecule has 0 saturated carbocycles. The molecule has 0 bridgehead atoms. The normalized spacial score (nSPS) is 10.9. The number of rotatable bonds is 5. The maximum atomic E-state index is 4.51. The average Bonchev–Trinajstić information content (AvgIpc) is 2.97. The summed E-state index contributed by atoms with van der Waals surface area (Å²) >= 11 is 0. The zero-order chi connectivity index (χ0) is 15.5. The fourth-order valence-corrected chi connectivity index (χ4v) is 2.43. The Bertz CT molecular complexity index is 776. The minimum absolute atomic E-state index is 0.872. The Balaban J connectivity index is 2.07. The van der Waals surface area contributed by atoms with E-state index in [2.05, 4.69) is 51.5 Å². The number of anilines is 2. The summed E-state index contributed by atoms with van der Waals surface area (Å²) in [6.45, 7) is 3.07. The Labute approximate surface area is 130 Å². The molecule has 5 heteroatoms. The van der Waals surface area contributed by atoms with Crippen LogP contribution in [0.15, 0.2) is 42.7 Å². The van der Waals surface area contributed by atoms with Crippen LogP contribution in [0.3, 0.4) is 0 Å². The maximum absolute atomic E-state index is 4.51. The van der Waals surface area contributed by atoms with E-state index in [9.17, 15) is 0 Å². The Morgan fingerprint density at radius 2 is 2.09 bits per heavy atom. The number of aromatic nitrogens is 3. The summed E-state index contributed by atoms with van der Waals surface area (Å²) in [6, 6.07) is 10.4. The van der Waals surface area contributed by atoms with Crippen molar-refractivity contribution in [3.63, 3.8) is 0 Å². The van der Waals surface area contributed by atoms with Crippen molar-refractivity contribution in [2.45, 2.75) is 13.3 Å². The van der Waals surface area contributed by atoms with Crippen molar-refractivity contribution in [2.24, 2.45) is 0 Å². The molecule has 0 fully saturated rings. The van der Waals surface area contributed by atoms with Crippen molar-refractivity contribution in [3.05, 3.63) is 42.7 Å². The van der Waals surface area contributed by atoms with Crippen LogP contribution >= 0.6 is 0 Å². The number of nitrogens with zero attached hydrogens (tertiary/aromatic N) is 4. The first-order valence-corrected chi connectivity index (χ1v) is 7.55. The third-order valence-electron chi connectivity index (χ3n) is 3.63. The lowest BCUT2D eigenvalue weighted by Crippen LogP contribution is -2.08. The van der Waals surface area contributed by atoms with Gasteiger partial charge in [-0.2, -0.15) is 9.61 Å². The molecule has 1 N–H and O–H groups in total. The fraction of sp³-hybridized carbons (Fsp3) is 0.294. The molecule has 22 heavy (non-hydrogen) atoms. The molecule has 114 valence electrons. The van der Waals surface area contributed by atoms with Crippen molar-refractivity contribution in [1.29, 1.82) is 0 Å². The van der Waals surface area contributed by atoms with E-state index in [1.54, 1.807) is 0 Å². The molecule has 0 saturated heterocycles. The van der Waals surface area contributed by atoms with Gasteiger partial charge in [-0.25, -0.2) is 4.98 Å². The predicted molar refractivity (Wildman–Crippen MR) is 91.5 cm³/mol. The third kappa shape index (κ3) is 2.62. The highest BCUT2D eigenvalue weighted by Crippen LogP contribution is 2.27. The van der Waals surface area contributed by atoms with Gasteiger partial charge in [0, 0.05) is 38.1 Å². The van der Waals surface area contributed by atoms with Crippen LogP contribution in [0.4, 0.5) is 11.5 Å². The van der Waals surface area contributed by atoms with Crippen molar-refractivity contribution < 1.29 is 0 Å². The lowest BCUT2D eigenvalue weighted by Gasteiger charge is -2.13. The predicted octanol–water partition coefficient (Wildman–Crippen LogP) is 3.28. The first-order chi connectivity index (χ1) is 10.7. The third-order valence-corrected chi connectivity index (χ3v) is 3.63. The van der Waals surface area contributed by atoms with Gasteiger partial charge in [-0.15, -0.1) is 0 Å². The van der Waals surface area contributed by atoms with Gasteiger partial charge in [0.15, 0.2) is 5.65 Å². The zero-order valence-corrected chi connectivity index (χ0v) is 13.2. The molecule has 0 aliphatic carbocycles. The highest BCUT2D eigenvalue weighted by Gasteiger charge is 2.11. The number of fused-ring (bicyclic) bond motifs is 1. The Morgan fingerprint density at radius 3 is 2.86 bits per heavy atom. The van der Waals surface area contributed by atoms with E-state index in [-0.39, 0.29) is 0 Å². The standard InChI is InChI=1S/C17H21N5/c1-4-9-18-16-8-10-19-17-15(12-20-22(16)17)13-6-5-7-14(11-13)21(2)3/h5-8,10-12,18H,4,9H2,1-3H3. The summed E-state index contributed by atoms with van der Waals surface area (Å²) in [6.07, 6.45) is 4.78. The largest absolute Gasteiger partial charge is 0.378 e. The van der Waals surface area contributed by atoms with Crippen molar-refractivity contribution in [2.75, 3.05) is 30.9 Å². The van der Waals surface area contributed by atoms with Crippen LogP contribution in [0.1, 0.15) is 13.3 Å². The van der Waals surface area contributed by atoms with Crippen LogP contribution in [0.2, 0.25) is 0 Å². The quantitative estimate of drug-likeness (QED) is 0.784. The SMILES string of the molecule is CCCNc1ccnc2c(-c3cccc(N(C)C)c3)cnn12. The molecule has 0 atom stereocenters. The van der Waals surface area contributed by atoms with Crippen LogP contribution < -0.4 is 10.2 Å². The van der Waals surface area contributed by atoms with E-state index in [0.29, 0.717) is 0 Å². The van der Waals surface area contributed by atoms with E-state index in [0.717, 1.165) is 41.2 Å². The number of hydrogen-bond acceptors (Lipinski definition) is 4. The van der Waals surface area contributed by atoms with Gasteiger partial charge in [-0.3, -0.25) is 0 Å². The lowest BCUT2D eigenvalue weighted by molar-refractivity contribution is 0.903. The molecule has 0 aliphatic heterocycles. The van der Waals surface area contributed by atoms with Crippen LogP contribution in [-0.4, -0.2) is 35.2 Å². The Kier molecular flexibility index (Phi) is 3.96. The second-order valence-electron chi connectivity index (χ2n) is 5.50. The van der Waals surface area contributed by atoms with Crippen LogP contribution in [0.5, 0.6) is 0 Å². The molecule has 5 nitrogen and oxygen atoms in total. The highest BCUT2D eigenvalue weighted by molar-refractivity contribution is 5.79. The summed E-state index contributed by atoms with van der Waals surface area (Å²) in [5.41, 5.74) is 4.21. The molecule has 3 rings (SSSR count). The second kappa shape index (κ2) is 6.05. The molecule has 0 spiro atoms. The van der Waals surface area contributed by atoms with E-state index >= 15 is 0 Å². The molecule has 0 aliphatic rings. The van der Waals surface area contributed by atoms with Crippen molar-refractivity contribution >= 4 is 17.2 Å². The molecule has 0 radical (unpaired) electrons. The van der Waals surface area contributed by atoms with Gasteiger partial charge in [0.1, 0.15) is 5.82 Å². The number of benzene rings is 1. The average molecular weight is 295 g/mol. The van der Waals surface area contributed by atoms with Gasteiger partial charge in [-0.1, -0.05) is 19.1 Å². The van der Waals surface area contributed by atoms with Gasteiger partial charge < -0.3 is 10.2 Å². The maximum Gasteiger partial charge on any atom is 0.165 e. The van der Waals surface area contributed by atoms with E-state index in [4.69, 9.17) is 0 Å². The molecule has 2 heterocycles. The molecule has 1 aromatic carbocycles. The molecular formula is C17H21N5. The van der Waals surface area contributed by atoms with Gasteiger partial charge >= 0.3 is 0 Å².